The number of para-hydroxylation sites is 1. The van der Waals surface area contributed by atoms with E-state index >= 15 is 0 Å². The van der Waals surface area contributed by atoms with Gasteiger partial charge in [-0.1, -0.05) is 36.4 Å². The van der Waals surface area contributed by atoms with Crippen LogP contribution in [0.25, 0.3) is 16.9 Å². The highest BCUT2D eigenvalue weighted by molar-refractivity contribution is 7.89. The molecule has 0 saturated carbocycles. The number of benzene rings is 3. The van der Waals surface area contributed by atoms with Crippen molar-refractivity contribution in [2.45, 2.75) is 24.9 Å². The molecule has 188 valence electrons. The number of hydrogen-bond acceptors (Lipinski definition) is 6. The molecule has 0 saturated heterocycles. The van der Waals surface area contributed by atoms with Crippen molar-refractivity contribution in [3.8, 4) is 17.0 Å². The average Bonchev–Trinajstić information content (AvgIpc) is 3.28. The lowest BCUT2D eigenvalue weighted by Crippen LogP contribution is -2.23. The summed E-state index contributed by atoms with van der Waals surface area (Å²) in [6.45, 7) is 2.52. The second-order valence-electron chi connectivity index (χ2n) is 8.56. The van der Waals surface area contributed by atoms with E-state index in [0.29, 0.717) is 29.3 Å². The maximum atomic E-state index is 13.1. The summed E-state index contributed by atoms with van der Waals surface area (Å²) in [6.07, 6.45) is 1.74. The number of phenolic OH excluding ortho intramolecular Hbond substituents is 1. The zero-order chi connectivity index (χ0) is 26.0. The van der Waals surface area contributed by atoms with Gasteiger partial charge in [-0.3, -0.25) is 0 Å². The predicted molar refractivity (Wildman–Crippen MR) is 139 cm³/mol. The Labute approximate surface area is 213 Å². The Morgan fingerprint density at radius 3 is 2.32 bits per heavy atom. The minimum atomic E-state index is -3.74. The van der Waals surface area contributed by atoms with Crippen LogP contribution in [0.5, 0.6) is 5.75 Å². The summed E-state index contributed by atoms with van der Waals surface area (Å²) >= 11 is 0. The number of aromatic hydroxyl groups is 1. The maximum Gasteiger partial charge on any atom is 0.240 e. The number of anilines is 1. The van der Waals surface area contributed by atoms with E-state index in [1.807, 2.05) is 49.4 Å². The lowest BCUT2D eigenvalue weighted by Gasteiger charge is -2.12. The summed E-state index contributed by atoms with van der Waals surface area (Å²) in [5.41, 5.74) is 4.61. The molecule has 5 aromatic rings. The van der Waals surface area contributed by atoms with Crippen LogP contribution in [0.1, 0.15) is 16.7 Å². The molecule has 10 heteroatoms. The normalized spacial score (nSPS) is 11.6. The molecule has 8 nitrogen and oxygen atoms in total. The summed E-state index contributed by atoms with van der Waals surface area (Å²) in [7, 11) is -3.74. The van der Waals surface area contributed by atoms with Crippen molar-refractivity contribution < 1.29 is 17.9 Å². The van der Waals surface area contributed by atoms with Crippen molar-refractivity contribution in [3.05, 3.63) is 108 Å². The second-order valence-corrected chi connectivity index (χ2v) is 10.3. The van der Waals surface area contributed by atoms with E-state index in [4.69, 9.17) is 0 Å². The van der Waals surface area contributed by atoms with E-state index in [9.17, 15) is 17.9 Å². The van der Waals surface area contributed by atoms with E-state index in [1.165, 1.54) is 12.1 Å². The number of nitrogens with one attached hydrogen (secondary N) is 2. The summed E-state index contributed by atoms with van der Waals surface area (Å²) < 4.78 is 42.2. The van der Waals surface area contributed by atoms with Crippen molar-refractivity contribution in [1.29, 1.82) is 0 Å². The number of fused-ring (bicyclic) bond motifs is 1. The molecule has 0 atom stereocenters. The van der Waals surface area contributed by atoms with Gasteiger partial charge in [0.25, 0.3) is 0 Å². The first-order valence-electron chi connectivity index (χ1n) is 11.5. The van der Waals surface area contributed by atoms with Gasteiger partial charge in [0.2, 0.25) is 10.0 Å². The molecular weight excluding hydrogens is 493 g/mol. The fourth-order valence-corrected chi connectivity index (χ4v) is 4.89. The Hall–Kier alpha value is -4.28. The van der Waals surface area contributed by atoms with Gasteiger partial charge in [0.1, 0.15) is 17.4 Å². The van der Waals surface area contributed by atoms with Crippen LogP contribution >= 0.6 is 0 Å². The number of sulfonamides is 1. The largest absolute Gasteiger partial charge is 0.507 e. The molecule has 0 unspecified atom stereocenters. The third-order valence-electron chi connectivity index (χ3n) is 5.92. The number of rotatable bonds is 8. The maximum absolute atomic E-state index is 13.1. The highest BCUT2D eigenvalue weighted by Crippen LogP contribution is 2.30. The molecule has 0 radical (unpaired) electrons. The molecule has 0 aliphatic carbocycles. The first-order valence-corrected chi connectivity index (χ1v) is 13.0. The number of halogens is 1. The van der Waals surface area contributed by atoms with Gasteiger partial charge in [0.05, 0.1) is 16.8 Å². The lowest BCUT2D eigenvalue weighted by molar-refractivity contribution is 0.477. The summed E-state index contributed by atoms with van der Waals surface area (Å²) in [5, 5.41) is 18.1. The van der Waals surface area contributed by atoms with E-state index in [2.05, 4.69) is 20.1 Å². The van der Waals surface area contributed by atoms with Crippen molar-refractivity contribution in [1.82, 2.24) is 19.3 Å². The van der Waals surface area contributed by atoms with Gasteiger partial charge in [0, 0.05) is 30.3 Å². The Kier molecular flexibility index (Phi) is 6.60. The number of aryl methyl sites for hydroxylation is 1. The molecule has 0 spiro atoms. The van der Waals surface area contributed by atoms with Crippen molar-refractivity contribution in [2.75, 3.05) is 5.32 Å². The fourth-order valence-electron chi connectivity index (χ4n) is 3.87. The minimum absolute atomic E-state index is 0.00966. The Balaban J connectivity index is 1.30. The van der Waals surface area contributed by atoms with Crippen LogP contribution in [0.2, 0.25) is 0 Å². The first-order chi connectivity index (χ1) is 17.8. The number of hydrogen-bond donors (Lipinski definition) is 3. The van der Waals surface area contributed by atoms with Crippen LogP contribution in [0.3, 0.4) is 0 Å². The van der Waals surface area contributed by atoms with Gasteiger partial charge in [-0.15, -0.1) is 0 Å². The Bertz CT molecular complexity index is 1670. The molecular formula is C27H24FN5O3S. The van der Waals surface area contributed by atoms with Crippen molar-refractivity contribution in [3.63, 3.8) is 0 Å². The smallest absolute Gasteiger partial charge is 0.240 e. The highest BCUT2D eigenvalue weighted by Gasteiger charge is 2.15. The zero-order valence-electron chi connectivity index (χ0n) is 19.9. The molecule has 0 aliphatic rings. The molecule has 5 rings (SSSR count). The topological polar surface area (TPSA) is 109 Å². The molecule has 0 amide bonds. The standard InChI is InChI=1S/C27H24FN5O3S/c1-18-15-30-33-26(14-24(32-27(18)33)23-4-2-3-5-25(23)34)29-16-19-6-8-20(9-7-19)17-31-37(35,36)22-12-10-21(28)11-13-22/h2-15,29,31,34H,16-17H2,1H3. The summed E-state index contributed by atoms with van der Waals surface area (Å²) in [6, 6.07) is 21.1. The molecule has 37 heavy (non-hydrogen) atoms. The van der Waals surface area contributed by atoms with Crippen molar-refractivity contribution >= 4 is 21.5 Å². The van der Waals surface area contributed by atoms with Crippen LogP contribution in [-0.2, 0) is 23.1 Å². The van der Waals surface area contributed by atoms with Gasteiger partial charge in [0.15, 0.2) is 5.65 Å². The Morgan fingerprint density at radius 2 is 1.62 bits per heavy atom. The first kappa shape index (κ1) is 24.4. The summed E-state index contributed by atoms with van der Waals surface area (Å²) in [5.74, 6) is 0.369. The van der Waals surface area contributed by atoms with Crippen LogP contribution in [0.15, 0.2) is 90.0 Å². The number of phenols is 1. The third kappa shape index (κ3) is 5.30. The summed E-state index contributed by atoms with van der Waals surface area (Å²) in [4.78, 5) is 4.70. The van der Waals surface area contributed by atoms with E-state index in [0.717, 1.165) is 28.8 Å². The fraction of sp³-hybridized carbons (Fsp3) is 0.111. The average molecular weight is 518 g/mol. The number of aromatic nitrogens is 3. The monoisotopic (exact) mass is 517 g/mol. The van der Waals surface area contributed by atoms with Gasteiger partial charge in [-0.25, -0.2) is 22.5 Å². The highest BCUT2D eigenvalue weighted by atomic mass is 32.2. The SMILES string of the molecule is Cc1cnn2c(NCc3ccc(CNS(=O)(=O)c4ccc(F)cc4)cc3)cc(-c3ccccc3O)nc12. The van der Waals surface area contributed by atoms with Crippen LogP contribution < -0.4 is 10.0 Å². The van der Waals surface area contributed by atoms with Crippen molar-refractivity contribution in [2.24, 2.45) is 0 Å². The van der Waals surface area contributed by atoms with Crippen LogP contribution in [-0.4, -0.2) is 28.1 Å². The molecule has 2 aromatic heterocycles. The number of nitrogens with zero attached hydrogens (tertiary/aromatic N) is 3. The van der Waals surface area contributed by atoms with Crippen LogP contribution in [0, 0.1) is 12.7 Å². The van der Waals surface area contributed by atoms with Gasteiger partial charge >= 0.3 is 0 Å². The molecule has 0 aliphatic heterocycles. The second kappa shape index (κ2) is 10.00. The minimum Gasteiger partial charge on any atom is -0.507 e. The van der Waals surface area contributed by atoms with E-state index in [1.54, 1.807) is 22.8 Å². The van der Waals surface area contributed by atoms with E-state index in [-0.39, 0.29) is 17.2 Å². The zero-order valence-corrected chi connectivity index (χ0v) is 20.7. The quantitative estimate of drug-likeness (QED) is 0.277. The third-order valence-corrected chi connectivity index (χ3v) is 7.33. The predicted octanol–water partition coefficient (Wildman–Crippen LogP) is 4.64. The lowest BCUT2D eigenvalue weighted by atomic mass is 10.1. The van der Waals surface area contributed by atoms with Gasteiger partial charge in [-0.2, -0.15) is 9.61 Å². The van der Waals surface area contributed by atoms with Crippen LogP contribution in [0.4, 0.5) is 10.2 Å². The molecule has 3 aromatic carbocycles. The Morgan fingerprint density at radius 1 is 0.946 bits per heavy atom. The molecule has 2 heterocycles. The van der Waals surface area contributed by atoms with Gasteiger partial charge < -0.3 is 10.4 Å². The molecule has 3 N–H and O–H groups in total. The van der Waals surface area contributed by atoms with E-state index < -0.39 is 15.8 Å². The molecule has 0 fully saturated rings. The van der Waals surface area contributed by atoms with Gasteiger partial charge in [-0.05, 0) is 54.4 Å². The molecule has 0 bridgehead atoms.